The Labute approximate surface area is 183 Å². The topological polar surface area (TPSA) is 93.8 Å². The number of fused-ring (bicyclic) bond motifs is 2. The van der Waals surface area contributed by atoms with Gasteiger partial charge in [-0.25, -0.2) is 9.36 Å². The molecule has 0 aliphatic rings. The fraction of sp³-hybridized carbons (Fsp3) is 0.0833. The first kappa shape index (κ1) is 19.5. The number of rotatable bonds is 4. The van der Waals surface area contributed by atoms with Crippen molar-refractivity contribution in [1.82, 2.24) is 19.6 Å². The summed E-state index contributed by atoms with van der Waals surface area (Å²) in [6.45, 7) is 2.97. The molecule has 0 bridgehead atoms. The molecule has 5 rings (SSSR count). The SMILES string of the molecule is CC(=O)Nc1cccc(-n2nc(Nc3ccc4c(cnn4C(C)=O)c3)c3ccccc32)c1. The number of anilines is 3. The lowest BCUT2D eigenvalue weighted by Gasteiger charge is -2.07. The molecule has 2 N–H and O–H groups in total. The molecule has 3 aromatic carbocycles. The molecule has 0 atom stereocenters. The summed E-state index contributed by atoms with van der Waals surface area (Å²) in [5, 5.41) is 17.0. The quantitative estimate of drug-likeness (QED) is 0.435. The van der Waals surface area contributed by atoms with E-state index in [4.69, 9.17) is 5.10 Å². The first-order chi connectivity index (χ1) is 15.5. The Hall–Kier alpha value is -4.46. The summed E-state index contributed by atoms with van der Waals surface area (Å²) in [5.74, 6) is 0.439. The molecule has 0 aliphatic heterocycles. The number of nitrogens with one attached hydrogen (secondary N) is 2. The van der Waals surface area contributed by atoms with Crippen LogP contribution in [-0.4, -0.2) is 31.4 Å². The smallest absolute Gasteiger partial charge is 0.244 e. The zero-order valence-electron chi connectivity index (χ0n) is 17.5. The van der Waals surface area contributed by atoms with Crippen LogP contribution in [0.3, 0.4) is 0 Å². The van der Waals surface area contributed by atoms with E-state index in [1.165, 1.54) is 18.5 Å². The number of nitrogens with zero attached hydrogens (tertiary/aromatic N) is 4. The summed E-state index contributed by atoms with van der Waals surface area (Å²) in [4.78, 5) is 23.2. The number of para-hydroxylation sites is 1. The summed E-state index contributed by atoms with van der Waals surface area (Å²) in [7, 11) is 0. The van der Waals surface area contributed by atoms with Gasteiger partial charge in [0.15, 0.2) is 5.82 Å². The van der Waals surface area contributed by atoms with Crippen LogP contribution in [0.4, 0.5) is 17.2 Å². The molecule has 8 nitrogen and oxygen atoms in total. The highest BCUT2D eigenvalue weighted by molar-refractivity contribution is 5.95. The maximum atomic E-state index is 11.7. The van der Waals surface area contributed by atoms with Crippen molar-refractivity contribution in [1.29, 1.82) is 0 Å². The summed E-state index contributed by atoms with van der Waals surface area (Å²) < 4.78 is 3.22. The lowest BCUT2D eigenvalue weighted by atomic mass is 10.2. The molecular formula is C24H20N6O2. The molecule has 0 fully saturated rings. The second-order valence-electron chi connectivity index (χ2n) is 7.48. The molecule has 5 aromatic rings. The second-order valence-corrected chi connectivity index (χ2v) is 7.48. The molecule has 0 spiro atoms. The van der Waals surface area contributed by atoms with Crippen molar-refractivity contribution in [3.8, 4) is 5.69 Å². The van der Waals surface area contributed by atoms with Crippen molar-refractivity contribution in [2.24, 2.45) is 0 Å². The second kappa shape index (κ2) is 7.66. The molecule has 1 amide bonds. The van der Waals surface area contributed by atoms with E-state index < -0.39 is 0 Å². The number of amides is 1. The number of aromatic nitrogens is 4. The summed E-state index contributed by atoms with van der Waals surface area (Å²) >= 11 is 0. The summed E-state index contributed by atoms with van der Waals surface area (Å²) in [6, 6.07) is 21.2. The van der Waals surface area contributed by atoms with Crippen LogP contribution in [0.5, 0.6) is 0 Å². The van der Waals surface area contributed by atoms with Crippen molar-refractivity contribution in [2.45, 2.75) is 13.8 Å². The largest absolute Gasteiger partial charge is 0.338 e. The van der Waals surface area contributed by atoms with Crippen LogP contribution in [0, 0.1) is 0 Å². The van der Waals surface area contributed by atoms with Crippen LogP contribution in [0.2, 0.25) is 0 Å². The predicted molar refractivity (Wildman–Crippen MR) is 125 cm³/mol. The van der Waals surface area contributed by atoms with E-state index in [1.54, 1.807) is 6.20 Å². The van der Waals surface area contributed by atoms with Crippen molar-refractivity contribution >= 4 is 50.8 Å². The molecule has 0 radical (unpaired) electrons. The molecule has 8 heteroatoms. The van der Waals surface area contributed by atoms with Gasteiger partial charge in [-0.3, -0.25) is 9.59 Å². The van der Waals surface area contributed by atoms with Gasteiger partial charge >= 0.3 is 0 Å². The standard InChI is InChI=1S/C24H20N6O2/c1-15(31)26-18-6-5-7-20(13-18)30-23-9-4-3-8-21(23)24(28-30)27-19-10-11-22-17(12-19)14-25-29(22)16(2)32/h3-14H,1-2H3,(H,26,31)(H,27,28). The van der Waals surface area contributed by atoms with E-state index >= 15 is 0 Å². The van der Waals surface area contributed by atoms with Crippen LogP contribution < -0.4 is 10.6 Å². The highest BCUT2D eigenvalue weighted by atomic mass is 16.2. The molecule has 2 aromatic heterocycles. The van der Waals surface area contributed by atoms with Crippen LogP contribution in [0.25, 0.3) is 27.5 Å². The summed E-state index contributed by atoms with van der Waals surface area (Å²) in [5.41, 5.74) is 4.06. The number of benzene rings is 3. The van der Waals surface area contributed by atoms with E-state index in [9.17, 15) is 9.59 Å². The van der Waals surface area contributed by atoms with Gasteiger partial charge in [0.05, 0.1) is 22.9 Å². The van der Waals surface area contributed by atoms with E-state index in [0.29, 0.717) is 11.5 Å². The highest BCUT2D eigenvalue weighted by Crippen LogP contribution is 2.30. The Kier molecular flexibility index (Phi) is 4.67. The predicted octanol–water partition coefficient (Wildman–Crippen LogP) is 4.74. The Bertz CT molecular complexity index is 1500. The number of hydrogen-bond donors (Lipinski definition) is 2. The third-order valence-electron chi connectivity index (χ3n) is 5.13. The van der Waals surface area contributed by atoms with Crippen LogP contribution >= 0.6 is 0 Å². The first-order valence-corrected chi connectivity index (χ1v) is 10.1. The monoisotopic (exact) mass is 424 g/mol. The van der Waals surface area contributed by atoms with E-state index in [-0.39, 0.29) is 11.8 Å². The van der Waals surface area contributed by atoms with Gasteiger partial charge in [-0.05, 0) is 48.5 Å². The van der Waals surface area contributed by atoms with E-state index in [2.05, 4.69) is 15.7 Å². The van der Waals surface area contributed by atoms with E-state index in [0.717, 1.165) is 33.2 Å². The molecule has 0 unspecified atom stereocenters. The van der Waals surface area contributed by atoms with Gasteiger partial charge in [-0.2, -0.15) is 5.10 Å². The Morgan fingerprint density at radius 2 is 1.72 bits per heavy atom. The maximum absolute atomic E-state index is 11.7. The van der Waals surface area contributed by atoms with Crippen LogP contribution in [-0.2, 0) is 4.79 Å². The van der Waals surface area contributed by atoms with Gasteiger partial charge in [0.1, 0.15) is 0 Å². The number of carbonyl (C=O) groups excluding carboxylic acids is 2. The van der Waals surface area contributed by atoms with Crippen molar-refractivity contribution < 1.29 is 9.59 Å². The molecule has 0 aliphatic carbocycles. The fourth-order valence-corrected chi connectivity index (χ4v) is 3.77. The van der Waals surface area contributed by atoms with Crippen LogP contribution in [0.15, 0.2) is 72.9 Å². The van der Waals surface area contributed by atoms with Gasteiger partial charge < -0.3 is 10.6 Å². The van der Waals surface area contributed by atoms with Gasteiger partial charge in [0.2, 0.25) is 11.8 Å². The molecule has 158 valence electrons. The lowest BCUT2D eigenvalue weighted by molar-refractivity contribution is -0.114. The van der Waals surface area contributed by atoms with Gasteiger partial charge in [0.25, 0.3) is 0 Å². The Balaban J connectivity index is 1.55. The van der Waals surface area contributed by atoms with Crippen molar-refractivity contribution in [3.63, 3.8) is 0 Å². The fourth-order valence-electron chi connectivity index (χ4n) is 3.77. The minimum Gasteiger partial charge on any atom is -0.338 e. The van der Waals surface area contributed by atoms with Gasteiger partial charge in [0, 0.05) is 36.0 Å². The third kappa shape index (κ3) is 3.47. The normalized spacial score (nSPS) is 11.1. The Morgan fingerprint density at radius 3 is 2.53 bits per heavy atom. The number of carbonyl (C=O) groups is 2. The average Bonchev–Trinajstić information content (AvgIpc) is 3.35. The molecule has 32 heavy (non-hydrogen) atoms. The van der Waals surface area contributed by atoms with Crippen molar-refractivity contribution in [2.75, 3.05) is 10.6 Å². The zero-order valence-corrected chi connectivity index (χ0v) is 17.5. The molecule has 2 heterocycles. The lowest BCUT2D eigenvalue weighted by Crippen LogP contribution is -2.06. The Morgan fingerprint density at radius 1 is 0.875 bits per heavy atom. The minimum absolute atomic E-state index is 0.127. The molecular weight excluding hydrogens is 404 g/mol. The summed E-state index contributed by atoms with van der Waals surface area (Å²) in [6.07, 6.45) is 1.67. The van der Waals surface area contributed by atoms with E-state index in [1.807, 2.05) is 71.4 Å². The highest BCUT2D eigenvalue weighted by Gasteiger charge is 2.13. The third-order valence-corrected chi connectivity index (χ3v) is 5.13. The zero-order chi connectivity index (χ0) is 22.2. The number of hydrogen-bond acceptors (Lipinski definition) is 5. The first-order valence-electron chi connectivity index (χ1n) is 10.1. The van der Waals surface area contributed by atoms with Gasteiger partial charge in [-0.15, -0.1) is 5.10 Å². The van der Waals surface area contributed by atoms with Gasteiger partial charge in [-0.1, -0.05) is 18.2 Å². The maximum Gasteiger partial charge on any atom is 0.244 e. The average molecular weight is 424 g/mol. The minimum atomic E-state index is -0.132. The molecule has 0 saturated heterocycles. The van der Waals surface area contributed by atoms with Crippen molar-refractivity contribution in [3.05, 3.63) is 72.9 Å². The van der Waals surface area contributed by atoms with Crippen LogP contribution in [0.1, 0.15) is 18.6 Å². The molecule has 0 saturated carbocycles.